The number of nitrogens with two attached hydrogens (primary N) is 1. The Morgan fingerprint density at radius 2 is 2.06 bits per heavy atom. The standard InChI is InChI=1S/C20H27N5O6/c1-2-3-8-30-20(29)24-16(19(27)28)11-23-17(26)10-14-9-15(25-31-14)12-4-6-13(7-5-12)18(21)22/h4-7,14,16H,2-3,8-11H2,1H3,(H3,21,22)(H,23,26)(H,24,29)(H,27,28)/t14-,16-/m0/s1. The summed E-state index contributed by atoms with van der Waals surface area (Å²) in [5.41, 5.74) is 7.48. The van der Waals surface area contributed by atoms with Crippen molar-refractivity contribution < 1.29 is 29.1 Å². The molecular formula is C20H27N5O6. The summed E-state index contributed by atoms with van der Waals surface area (Å²) in [7, 11) is 0. The highest BCUT2D eigenvalue weighted by atomic mass is 16.6. The first-order chi connectivity index (χ1) is 14.8. The van der Waals surface area contributed by atoms with E-state index in [1.807, 2.05) is 6.92 Å². The number of unbranched alkanes of at least 4 members (excludes halogenated alkanes) is 1. The lowest BCUT2D eigenvalue weighted by Gasteiger charge is -2.16. The maximum atomic E-state index is 12.2. The van der Waals surface area contributed by atoms with Crippen molar-refractivity contribution in [2.45, 2.75) is 44.8 Å². The second-order valence-corrected chi connectivity index (χ2v) is 6.99. The van der Waals surface area contributed by atoms with E-state index >= 15 is 0 Å². The van der Waals surface area contributed by atoms with Gasteiger partial charge >= 0.3 is 12.1 Å². The number of carbonyl (C=O) groups excluding carboxylic acids is 2. The number of hydrogen-bond donors (Lipinski definition) is 5. The van der Waals surface area contributed by atoms with Gasteiger partial charge in [0.2, 0.25) is 5.91 Å². The van der Waals surface area contributed by atoms with Gasteiger partial charge in [-0.05, 0) is 12.0 Å². The number of nitrogen functional groups attached to an aromatic ring is 1. The van der Waals surface area contributed by atoms with Crippen LogP contribution in [0.15, 0.2) is 29.4 Å². The first kappa shape index (κ1) is 23.6. The Balaban J connectivity index is 1.77. The average Bonchev–Trinajstić information content (AvgIpc) is 3.19. The summed E-state index contributed by atoms with van der Waals surface area (Å²) in [5, 5.41) is 25.3. The zero-order valence-corrected chi connectivity index (χ0v) is 17.2. The van der Waals surface area contributed by atoms with Gasteiger partial charge in [-0.2, -0.15) is 0 Å². The number of carbonyl (C=O) groups is 3. The lowest BCUT2D eigenvalue weighted by atomic mass is 10.0. The third-order valence-corrected chi connectivity index (χ3v) is 4.50. The SMILES string of the molecule is CCCCOC(=O)N[C@@H](CNC(=O)C[C@@H]1CC(c2ccc(C(=N)N)cc2)=NO1)C(=O)O. The van der Waals surface area contributed by atoms with Crippen molar-refractivity contribution in [3.8, 4) is 0 Å². The molecule has 0 fully saturated rings. The van der Waals surface area contributed by atoms with Crippen LogP contribution in [0.1, 0.15) is 43.7 Å². The molecule has 0 aromatic heterocycles. The molecule has 0 unspecified atom stereocenters. The molecule has 0 aliphatic carbocycles. The topological polar surface area (TPSA) is 176 Å². The fraction of sp³-hybridized carbons (Fsp3) is 0.450. The molecule has 0 bridgehead atoms. The van der Waals surface area contributed by atoms with Gasteiger partial charge < -0.3 is 31.0 Å². The van der Waals surface area contributed by atoms with Crippen LogP contribution < -0.4 is 16.4 Å². The highest BCUT2D eigenvalue weighted by Crippen LogP contribution is 2.19. The fourth-order valence-corrected chi connectivity index (χ4v) is 2.74. The van der Waals surface area contributed by atoms with Crippen molar-refractivity contribution in [2.24, 2.45) is 10.9 Å². The van der Waals surface area contributed by atoms with E-state index in [9.17, 15) is 19.5 Å². The van der Waals surface area contributed by atoms with Gasteiger partial charge in [-0.15, -0.1) is 0 Å². The molecule has 0 saturated heterocycles. The van der Waals surface area contributed by atoms with E-state index in [0.717, 1.165) is 12.0 Å². The van der Waals surface area contributed by atoms with Crippen LogP contribution in [-0.2, 0) is 19.2 Å². The van der Waals surface area contributed by atoms with Crippen LogP contribution in [-0.4, -0.2) is 59.9 Å². The Bertz CT molecular complexity index is 839. The molecular weight excluding hydrogens is 406 g/mol. The van der Waals surface area contributed by atoms with Crippen LogP contribution in [0.5, 0.6) is 0 Å². The molecule has 1 aromatic rings. The lowest BCUT2D eigenvalue weighted by molar-refractivity contribution is -0.139. The summed E-state index contributed by atoms with van der Waals surface area (Å²) in [6.07, 6.45) is 0.558. The molecule has 31 heavy (non-hydrogen) atoms. The number of hydrogen-bond acceptors (Lipinski definition) is 7. The molecule has 6 N–H and O–H groups in total. The van der Waals surface area contributed by atoms with Crippen LogP contribution >= 0.6 is 0 Å². The molecule has 11 nitrogen and oxygen atoms in total. The largest absolute Gasteiger partial charge is 0.480 e. The van der Waals surface area contributed by atoms with Gasteiger partial charge in [0.1, 0.15) is 18.0 Å². The number of carboxylic acids is 1. The summed E-state index contributed by atoms with van der Waals surface area (Å²) in [6.45, 7) is 1.84. The van der Waals surface area contributed by atoms with Crippen LogP contribution in [0.2, 0.25) is 0 Å². The molecule has 1 heterocycles. The van der Waals surface area contributed by atoms with Crippen LogP contribution in [0.3, 0.4) is 0 Å². The molecule has 1 aliphatic heterocycles. The minimum Gasteiger partial charge on any atom is -0.480 e. The molecule has 1 aliphatic rings. The van der Waals surface area contributed by atoms with Crippen molar-refractivity contribution in [2.75, 3.05) is 13.2 Å². The number of rotatable bonds is 11. The number of carboxylic acid groups (broad SMARTS) is 1. The number of alkyl carbamates (subject to hydrolysis) is 1. The van der Waals surface area contributed by atoms with Gasteiger partial charge in [0, 0.05) is 18.5 Å². The first-order valence-electron chi connectivity index (χ1n) is 9.90. The van der Waals surface area contributed by atoms with Gasteiger partial charge in [-0.1, -0.05) is 42.8 Å². The van der Waals surface area contributed by atoms with Crippen molar-refractivity contribution in [1.29, 1.82) is 5.41 Å². The van der Waals surface area contributed by atoms with Crippen LogP contribution in [0.25, 0.3) is 0 Å². The highest BCUT2D eigenvalue weighted by Gasteiger charge is 2.26. The van der Waals surface area contributed by atoms with E-state index in [1.54, 1.807) is 24.3 Å². The van der Waals surface area contributed by atoms with Gasteiger partial charge in [0.25, 0.3) is 0 Å². The van der Waals surface area contributed by atoms with Crippen LogP contribution in [0.4, 0.5) is 4.79 Å². The molecule has 11 heteroatoms. The van der Waals surface area contributed by atoms with Crippen molar-refractivity contribution in [3.05, 3.63) is 35.4 Å². The van der Waals surface area contributed by atoms with Gasteiger partial charge in [0.15, 0.2) is 0 Å². The van der Waals surface area contributed by atoms with Gasteiger partial charge in [-0.25, -0.2) is 9.59 Å². The molecule has 2 rings (SSSR count). The van der Waals surface area contributed by atoms with E-state index in [4.69, 9.17) is 20.7 Å². The molecule has 2 atom stereocenters. The lowest BCUT2D eigenvalue weighted by Crippen LogP contribution is -2.48. The zero-order chi connectivity index (χ0) is 22.8. The summed E-state index contributed by atoms with van der Waals surface area (Å²) in [4.78, 5) is 40.4. The Hall–Kier alpha value is -3.63. The Labute approximate surface area is 179 Å². The predicted octanol–water partition coefficient (Wildman–Crippen LogP) is 0.949. The maximum absolute atomic E-state index is 12.2. The maximum Gasteiger partial charge on any atom is 0.407 e. The minimum atomic E-state index is -1.31. The van der Waals surface area contributed by atoms with E-state index < -0.39 is 30.1 Å². The van der Waals surface area contributed by atoms with Crippen molar-refractivity contribution >= 4 is 29.5 Å². The summed E-state index contributed by atoms with van der Waals surface area (Å²) < 4.78 is 4.87. The third-order valence-electron chi connectivity index (χ3n) is 4.50. The summed E-state index contributed by atoms with van der Waals surface area (Å²) in [6, 6.07) is 5.63. The molecule has 2 amide bonds. The summed E-state index contributed by atoms with van der Waals surface area (Å²) in [5.74, 6) is -1.75. The van der Waals surface area contributed by atoms with E-state index in [0.29, 0.717) is 24.1 Å². The number of amidine groups is 1. The van der Waals surface area contributed by atoms with E-state index in [1.165, 1.54) is 0 Å². The van der Waals surface area contributed by atoms with Gasteiger partial charge in [-0.3, -0.25) is 10.2 Å². The number of nitrogens with one attached hydrogen (secondary N) is 3. The Morgan fingerprint density at radius 1 is 1.35 bits per heavy atom. The molecule has 0 saturated carbocycles. The zero-order valence-electron chi connectivity index (χ0n) is 17.2. The number of nitrogens with zero attached hydrogens (tertiary/aromatic N) is 1. The van der Waals surface area contributed by atoms with E-state index in [-0.39, 0.29) is 25.4 Å². The average molecular weight is 433 g/mol. The Morgan fingerprint density at radius 3 is 2.68 bits per heavy atom. The summed E-state index contributed by atoms with van der Waals surface area (Å²) >= 11 is 0. The Kier molecular flexibility index (Phi) is 8.79. The third kappa shape index (κ3) is 7.61. The molecule has 1 aromatic carbocycles. The number of benzene rings is 1. The van der Waals surface area contributed by atoms with Gasteiger partial charge in [0.05, 0.1) is 18.7 Å². The smallest absolute Gasteiger partial charge is 0.407 e. The molecule has 168 valence electrons. The minimum absolute atomic E-state index is 0.0220. The van der Waals surface area contributed by atoms with Crippen molar-refractivity contribution in [1.82, 2.24) is 10.6 Å². The second-order valence-electron chi connectivity index (χ2n) is 6.99. The number of aliphatic carboxylic acids is 1. The highest BCUT2D eigenvalue weighted by molar-refractivity contribution is 6.02. The number of amides is 2. The fourth-order valence-electron chi connectivity index (χ4n) is 2.74. The number of oxime groups is 1. The van der Waals surface area contributed by atoms with Crippen molar-refractivity contribution in [3.63, 3.8) is 0 Å². The molecule has 0 radical (unpaired) electrons. The normalized spacial score (nSPS) is 15.9. The first-order valence-corrected chi connectivity index (χ1v) is 9.90. The quantitative estimate of drug-likeness (QED) is 0.196. The second kappa shape index (κ2) is 11.5. The predicted molar refractivity (Wildman–Crippen MR) is 112 cm³/mol. The van der Waals surface area contributed by atoms with Crippen LogP contribution in [0, 0.1) is 5.41 Å². The monoisotopic (exact) mass is 433 g/mol. The molecule has 0 spiro atoms. The van der Waals surface area contributed by atoms with E-state index in [2.05, 4.69) is 15.8 Å². The number of ether oxygens (including phenoxy) is 1.